The molecule has 0 amide bonds. The summed E-state index contributed by atoms with van der Waals surface area (Å²) in [6.45, 7) is 9.00. The van der Waals surface area contributed by atoms with Gasteiger partial charge in [0.05, 0.1) is 22.6 Å². The van der Waals surface area contributed by atoms with Crippen molar-refractivity contribution in [2.24, 2.45) is 0 Å². The second-order valence-electron chi connectivity index (χ2n) is 5.60. The summed E-state index contributed by atoms with van der Waals surface area (Å²) in [7, 11) is 0. The highest BCUT2D eigenvalue weighted by molar-refractivity contribution is 6.31. The van der Waals surface area contributed by atoms with Crippen LogP contribution in [0.2, 0.25) is 5.02 Å². The van der Waals surface area contributed by atoms with Gasteiger partial charge in [0, 0.05) is 12.1 Å². The molecule has 0 aliphatic rings. The van der Waals surface area contributed by atoms with Crippen molar-refractivity contribution in [3.63, 3.8) is 0 Å². The van der Waals surface area contributed by atoms with Crippen molar-refractivity contribution < 1.29 is 0 Å². The molecule has 0 radical (unpaired) electrons. The van der Waals surface area contributed by atoms with E-state index in [9.17, 15) is 0 Å². The van der Waals surface area contributed by atoms with Crippen LogP contribution in [0.4, 0.5) is 0 Å². The monoisotopic (exact) mass is 278 g/mol. The van der Waals surface area contributed by atoms with Crippen LogP contribution in [0.25, 0.3) is 5.82 Å². The minimum Gasteiger partial charge on any atom is -0.306 e. The van der Waals surface area contributed by atoms with Crippen LogP contribution < -0.4 is 5.32 Å². The lowest BCUT2D eigenvalue weighted by Crippen LogP contribution is -2.35. The molecule has 0 aliphatic heterocycles. The summed E-state index contributed by atoms with van der Waals surface area (Å²) < 4.78 is 1.71. The van der Waals surface area contributed by atoms with E-state index in [1.54, 1.807) is 10.9 Å². The van der Waals surface area contributed by atoms with Crippen LogP contribution in [0.1, 0.15) is 32.2 Å². The zero-order valence-electron chi connectivity index (χ0n) is 11.7. The molecule has 0 unspecified atom stereocenters. The van der Waals surface area contributed by atoms with Crippen molar-refractivity contribution >= 4 is 11.6 Å². The normalized spacial score (nSPS) is 11.8. The van der Waals surface area contributed by atoms with Crippen LogP contribution in [0, 0.1) is 6.92 Å². The van der Waals surface area contributed by atoms with Gasteiger partial charge in [-0.2, -0.15) is 5.10 Å². The Labute approximate surface area is 118 Å². The van der Waals surface area contributed by atoms with Gasteiger partial charge in [-0.3, -0.25) is 0 Å². The van der Waals surface area contributed by atoms with Crippen molar-refractivity contribution in [2.75, 3.05) is 0 Å². The van der Waals surface area contributed by atoms with E-state index in [1.807, 2.05) is 25.1 Å². The molecular formula is C14H19ClN4. The molecule has 2 aromatic heterocycles. The predicted octanol–water partition coefficient (Wildman–Crippen LogP) is 3.12. The van der Waals surface area contributed by atoms with E-state index in [1.165, 1.54) is 0 Å². The van der Waals surface area contributed by atoms with Crippen molar-refractivity contribution in [1.29, 1.82) is 0 Å². The highest BCUT2D eigenvalue weighted by Crippen LogP contribution is 2.15. The van der Waals surface area contributed by atoms with Crippen molar-refractivity contribution in [3.05, 3.63) is 40.8 Å². The highest BCUT2D eigenvalue weighted by Gasteiger charge is 2.10. The van der Waals surface area contributed by atoms with Gasteiger partial charge >= 0.3 is 0 Å². The number of hydrogen-bond acceptors (Lipinski definition) is 3. The predicted molar refractivity (Wildman–Crippen MR) is 77.7 cm³/mol. The lowest BCUT2D eigenvalue weighted by Gasteiger charge is -2.20. The smallest absolute Gasteiger partial charge is 0.153 e. The van der Waals surface area contributed by atoms with Crippen LogP contribution in [0.3, 0.4) is 0 Å². The Hall–Kier alpha value is -1.39. The molecule has 0 atom stereocenters. The SMILES string of the molecule is Cc1nn(-c2cccc(CNC(C)(C)C)n2)cc1Cl. The Bertz CT molecular complexity index is 550. The molecule has 102 valence electrons. The molecule has 5 heteroatoms. The Morgan fingerprint density at radius 3 is 2.63 bits per heavy atom. The van der Waals surface area contributed by atoms with Crippen LogP contribution >= 0.6 is 11.6 Å². The summed E-state index contributed by atoms with van der Waals surface area (Å²) in [6.07, 6.45) is 1.78. The maximum atomic E-state index is 6.02. The number of nitrogens with zero attached hydrogens (tertiary/aromatic N) is 3. The maximum Gasteiger partial charge on any atom is 0.153 e. The minimum absolute atomic E-state index is 0.0727. The number of pyridine rings is 1. The molecule has 2 rings (SSSR count). The van der Waals surface area contributed by atoms with Crippen LogP contribution in [0.5, 0.6) is 0 Å². The molecule has 0 fully saturated rings. The van der Waals surface area contributed by atoms with Gasteiger partial charge in [-0.15, -0.1) is 0 Å². The topological polar surface area (TPSA) is 42.7 Å². The lowest BCUT2D eigenvalue weighted by atomic mass is 10.1. The highest BCUT2D eigenvalue weighted by atomic mass is 35.5. The summed E-state index contributed by atoms with van der Waals surface area (Å²) in [4.78, 5) is 4.58. The van der Waals surface area contributed by atoms with Gasteiger partial charge < -0.3 is 5.32 Å². The Morgan fingerprint density at radius 2 is 2.05 bits per heavy atom. The van der Waals surface area contributed by atoms with Gasteiger partial charge in [-0.05, 0) is 39.8 Å². The molecule has 0 saturated heterocycles. The lowest BCUT2D eigenvalue weighted by molar-refractivity contribution is 0.421. The Kier molecular flexibility index (Phi) is 3.92. The molecule has 2 heterocycles. The summed E-state index contributed by atoms with van der Waals surface area (Å²) >= 11 is 6.02. The minimum atomic E-state index is 0.0727. The van der Waals surface area contributed by atoms with Gasteiger partial charge in [0.1, 0.15) is 0 Å². The first-order chi connectivity index (χ1) is 8.85. The number of halogens is 1. The van der Waals surface area contributed by atoms with Crippen LogP contribution in [-0.2, 0) is 6.54 Å². The van der Waals surface area contributed by atoms with Gasteiger partial charge in [0.15, 0.2) is 5.82 Å². The summed E-state index contributed by atoms with van der Waals surface area (Å²) in [6, 6.07) is 5.90. The molecule has 1 N–H and O–H groups in total. The maximum absolute atomic E-state index is 6.02. The number of hydrogen-bond donors (Lipinski definition) is 1. The summed E-state index contributed by atoms with van der Waals surface area (Å²) in [5.74, 6) is 0.781. The largest absolute Gasteiger partial charge is 0.306 e. The molecule has 0 spiro atoms. The number of rotatable bonds is 3. The summed E-state index contributed by atoms with van der Waals surface area (Å²) in [5, 5.41) is 8.40. The number of aryl methyl sites for hydroxylation is 1. The zero-order valence-corrected chi connectivity index (χ0v) is 12.5. The average molecular weight is 279 g/mol. The zero-order chi connectivity index (χ0) is 14.0. The van der Waals surface area contributed by atoms with E-state index in [0.29, 0.717) is 5.02 Å². The molecule has 0 aliphatic carbocycles. The molecule has 19 heavy (non-hydrogen) atoms. The average Bonchev–Trinajstić information content (AvgIpc) is 2.67. The molecular weight excluding hydrogens is 260 g/mol. The number of nitrogens with one attached hydrogen (secondary N) is 1. The van der Waals surface area contributed by atoms with E-state index in [4.69, 9.17) is 11.6 Å². The summed E-state index contributed by atoms with van der Waals surface area (Å²) in [5.41, 5.74) is 1.86. The van der Waals surface area contributed by atoms with Gasteiger partial charge in [-0.1, -0.05) is 17.7 Å². The number of aromatic nitrogens is 3. The van der Waals surface area contributed by atoms with Crippen molar-refractivity contribution in [3.8, 4) is 5.82 Å². The van der Waals surface area contributed by atoms with Gasteiger partial charge in [-0.25, -0.2) is 9.67 Å². The molecule has 0 saturated carbocycles. The quantitative estimate of drug-likeness (QED) is 0.938. The Morgan fingerprint density at radius 1 is 1.32 bits per heavy atom. The van der Waals surface area contributed by atoms with E-state index in [0.717, 1.165) is 23.8 Å². The third-order valence-electron chi connectivity index (χ3n) is 2.67. The van der Waals surface area contributed by atoms with Gasteiger partial charge in [0.25, 0.3) is 0 Å². The standard InChI is InChI=1S/C14H19ClN4/c1-10-12(15)9-19(18-10)13-7-5-6-11(17-13)8-16-14(2,3)4/h5-7,9,16H,8H2,1-4H3. The molecule has 4 nitrogen and oxygen atoms in total. The third-order valence-corrected chi connectivity index (χ3v) is 3.04. The second-order valence-corrected chi connectivity index (χ2v) is 6.00. The molecule has 0 bridgehead atoms. The van der Waals surface area contributed by atoms with Gasteiger partial charge in [0.2, 0.25) is 0 Å². The first kappa shape index (κ1) is 14.0. The van der Waals surface area contributed by atoms with Crippen LogP contribution in [0.15, 0.2) is 24.4 Å². The first-order valence-corrected chi connectivity index (χ1v) is 6.66. The van der Waals surface area contributed by atoms with Crippen LogP contribution in [-0.4, -0.2) is 20.3 Å². The Balaban J connectivity index is 2.19. The first-order valence-electron chi connectivity index (χ1n) is 6.28. The van der Waals surface area contributed by atoms with E-state index in [2.05, 4.69) is 36.2 Å². The molecule has 2 aromatic rings. The van der Waals surface area contributed by atoms with Crippen molar-refractivity contribution in [1.82, 2.24) is 20.1 Å². The van der Waals surface area contributed by atoms with Crippen molar-refractivity contribution in [2.45, 2.75) is 39.8 Å². The van der Waals surface area contributed by atoms with E-state index >= 15 is 0 Å². The van der Waals surface area contributed by atoms with E-state index < -0.39 is 0 Å². The second kappa shape index (κ2) is 5.31. The molecule has 0 aromatic carbocycles. The third kappa shape index (κ3) is 3.78. The fourth-order valence-corrected chi connectivity index (χ4v) is 1.74. The fourth-order valence-electron chi connectivity index (χ4n) is 1.61. The fraction of sp³-hybridized carbons (Fsp3) is 0.429. The van der Waals surface area contributed by atoms with E-state index in [-0.39, 0.29) is 5.54 Å².